The molecule has 1 aliphatic carbocycles. The van der Waals surface area contributed by atoms with Crippen molar-refractivity contribution in [1.82, 2.24) is 0 Å². The molecule has 0 amide bonds. The molecule has 4 heteroatoms. The van der Waals surface area contributed by atoms with Crippen molar-refractivity contribution in [1.29, 1.82) is 0 Å². The van der Waals surface area contributed by atoms with Crippen LogP contribution in [0, 0.1) is 5.92 Å². The second-order valence-corrected chi connectivity index (χ2v) is 4.10. The third kappa shape index (κ3) is 2.71. The third-order valence-corrected chi connectivity index (χ3v) is 2.84. The molecule has 0 aliphatic heterocycles. The maximum absolute atomic E-state index is 9.70. The summed E-state index contributed by atoms with van der Waals surface area (Å²) in [6.45, 7) is 0.0807. The van der Waals surface area contributed by atoms with Crippen LogP contribution in [0.15, 0.2) is 23.3 Å². The highest BCUT2D eigenvalue weighted by molar-refractivity contribution is 6.32. The van der Waals surface area contributed by atoms with Gasteiger partial charge in [-0.1, -0.05) is 29.3 Å². The van der Waals surface area contributed by atoms with Gasteiger partial charge in [0.25, 0.3) is 0 Å². The van der Waals surface area contributed by atoms with E-state index in [1.165, 1.54) is 6.08 Å². The number of allylic oxidation sites excluding steroid dienone is 2. The van der Waals surface area contributed by atoms with Crippen molar-refractivity contribution in [3.63, 3.8) is 0 Å². The fraction of sp³-hybridized carbons (Fsp3) is 0.556. The summed E-state index contributed by atoms with van der Waals surface area (Å²) in [7, 11) is 0. The summed E-state index contributed by atoms with van der Waals surface area (Å²) in [5.41, 5.74) is 0. The smallest absolute Gasteiger partial charge is 0.165 e. The van der Waals surface area contributed by atoms with Gasteiger partial charge in [-0.25, -0.2) is 0 Å². The summed E-state index contributed by atoms with van der Waals surface area (Å²) >= 11 is 11.7. The Morgan fingerprint density at radius 2 is 2.23 bits per heavy atom. The zero-order chi connectivity index (χ0) is 9.90. The van der Waals surface area contributed by atoms with Crippen LogP contribution in [0.1, 0.15) is 12.8 Å². The Morgan fingerprint density at radius 3 is 2.77 bits per heavy atom. The molecule has 1 aliphatic rings. The van der Waals surface area contributed by atoms with E-state index in [-0.39, 0.29) is 12.5 Å². The standard InChI is InChI=1S/C9H12Cl2O2/c10-8-4-1-5-9(11,13)7(8)3-2-6-12/h1,4-5,7,12-13H,2-3,6H2. The van der Waals surface area contributed by atoms with Crippen molar-refractivity contribution in [2.24, 2.45) is 5.92 Å². The maximum Gasteiger partial charge on any atom is 0.165 e. The molecule has 0 fully saturated rings. The molecule has 0 radical (unpaired) electrons. The van der Waals surface area contributed by atoms with Crippen LogP contribution in [0.3, 0.4) is 0 Å². The Morgan fingerprint density at radius 1 is 1.54 bits per heavy atom. The number of rotatable bonds is 3. The molecule has 0 heterocycles. The van der Waals surface area contributed by atoms with Gasteiger partial charge >= 0.3 is 0 Å². The summed E-state index contributed by atoms with van der Waals surface area (Å²) in [5, 5.41) is 17.5. The lowest BCUT2D eigenvalue weighted by atomic mass is 9.92. The second kappa shape index (κ2) is 4.47. The number of aliphatic hydroxyl groups is 2. The number of aliphatic hydroxyl groups excluding tert-OH is 1. The summed E-state index contributed by atoms with van der Waals surface area (Å²) in [6, 6.07) is 0. The van der Waals surface area contributed by atoms with Gasteiger partial charge in [-0.15, -0.1) is 0 Å². The summed E-state index contributed by atoms with van der Waals surface area (Å²) < 4.78 is 0. The molecule has 0 saturated heterocycles. The molecular formula is C9H12Cl2O2. The summed E-state index contributed by atoms with van der Waals surface area (Å²) in [6.07, 6.45) is 6.00. The number of hydrogen-bond donors (Lipinski definition) is 2. The van der Waals surface area contributed by atoms with Crippen LogP contribution >= 0.6 is 23.2 Å². The van der Waals surface area contributed by atoms with E-state index in [4.69, 9.17) is 28.3 Å². The number of halogens is 2. The molecule has 0 aromatic heterocycles. The molecule has 74 valence electrons. The van der Waals surface area contributed by atoms with Crippen LogP contribution in [0.5, 0.6) is 0 Å². The van der Waals surface area contributed by atoms with E-state index in [1.807, 2.05) is 0 Å². The third-order valence-electron chi connectivity index (χ3n) is 2.06. The Hall–Kier alpha value is -0.0200. The van der Waals surface area contributed by atoms with E-state index in [9.17, 15) is 5.11 Å². The average Bonchev–Trinajstić information content (AvgIpc) is 2.02. The van der Waals surface area contributed by atoms with Crippen LogP contribution in [-0.4, -0.2) is 21.9 Å². The molecule has 2 unspecified atom stereocenters. The van der Waals surface area contributed by atoms with Crippen LogP contribution in [-0.2, 0) is 0 Å². The highest BCUT2D eigenvalue weighted by Crippen LogP contribution is 2.38. The first-order valence-corrected chi connectivity index (χ1v) is 4.90. The Balaban J connectivity index is 2.68. The maximum atomic E-state index is 9.70. The molecule has 2 atom stereocenters. The van der Waals surface area contributed by atoms with Gasteiger partial charge in [-0.05, 0) is 25.0 Å². The Bertz CT molecular complexity index is 234. The SMILES string of the molecule is OCCCC1C(Cl)=CC=CC1(O)Cl. The van der Waals surface area contributed by atoms with Gasteiger partial charge in [-0.2, -0.15) is 0 Å². The van der Waals surface area contributed by atoms with E-state index >= 15 is 0 Å². The Kier molecular flexibility index (Phi) is 3.80. The molecule has 13 heavy (non-hydrogen) atoms. The molecule has 0 bridgehead atoms. The monoisotopic (exact) mass is 222 g/mol. The van der Waals surface area contributed by atoms with E-state index in [2.05, 4.69) is 0 Å². The number of hydrogen-bond acceptors (Lipinski definition) is 2. The lowest BCUT2D eigenvalue weighted by Gasteiger charge is -2.29. The van der Waals surface area contributed by atoms with Crippen molar-refractivity contribution < 1.29 is 10.2 Å². The molecule has 2 nitrogen and oxygen atoms in total. The normalized spacial score (nSPS) is 33.2. The molecule has 0 aromatic carbocycles. The van der Waals surface area contributed by atoms with Gasteiger partial charge in [-0.3, -0.25) is 0 Å². The fourth-order valence-electron chi connectivity index (χ4n) is 1.34. The predicted octanol–water partition coefficient (Wildman–Crippen LogP) is 1.99. The van der Waals surface area contributed by atoms with Crippen molar-refractivity contribution in [3.05, 3.63) is 23.3 Å². The van der Waals surface area contributed by atoms with Crippen molar-refractivity contribution in [2.75, 3.05) is 6.61 Å². The summed E-state index contributed by atoms with van der Waals surface area (Å²) in [4.78, 5) is 0. The van der Waals surface area contributed by atoms with E-state index in [0.717, 1.165) is 0 Å². The highest BCUT2D eigenvalue weighted by atomic mass is 35.5. The first-order valence-electron chi connectivity index (χ1n) is 4.15. The Labute approximate surface area is 87.5 Å². The van der Waals surface area contributed by atoms with E-state index in [1.54, 1.807) is 12.2 Å². The van der Waals surface area contributed by atoms with Crippen LogP contribution in [0.4, 0.5) is 0 Å². The quantitative estimate of drug-likeness (QED) is 0.718. The van der Waals surface area contributed by atoms with Gasteiger partial charge < -0.3 is 10.2 Å². The van der Waals surface area contributed by atoms with Crippen LogP contribution in [0.25, 0.3) is 0 Å². The molecule has 0 saturated carbocycles. The average molecular weight is 223 g/mol. The summed E-state index contributed by atoms with van der Waals surface area (Å²) in [5.74, 6) is -0.312. The molecule has 2 N–H and O–H groups in total. The minimum Gasteiger partial charge on any atom is -0.396 e. The predicted molar refractivity (Wildman–Crippen MR) is 53.7 cm³/mol. The van der Waals surface area contributed by atoms with E-state index in [0.29, 0.717) is 17.9 Å². The van der Waals surface area contributed by atoms with Gasteiger partial charge in [0, 0.05) is 17.6 Å². The molecule has 0 spiro atoms. The molecule has 1 rings (SSSR count). The van der Waals surface area contributed by atoms with Crippen molar-refractivity contribution in [2.45, 2.75) is 17.9 Å². The van der Waals surface area contributed by atoms with Crippen molar-refractivity contribution >= 4 is 23.2 Å². The number of alkyl halides is 1. The lowest BCUT2D eigenvalue weighted by Crippen LogP contribution is -2.31. The van der Waals surface area contributed by atoms with Crippen molar-refractivity contribution in [3.8, 4) is 0 Å². The lowest BCUT2D eigenvalue weighted by molar-refractivity contribution is 0.119. The van der Waals surface area contributed by atoms with Gasteiger partial charge in [0.15, 0.2) is 5.06 Å². The minimum absolute atomic E-state index is 0.0807. The fourth-order valence-corrected chi connectivity index (χ4v) is 2.04. The van der Waals surface area contributed by atoms with Gasteiger partial charge in [0.1, 0.15) is 0 Å². The molecular weight excluding hydrogens is 211 g/mol. The molecule has 0 aromatic rings. The minimum atomic E-state index is -1.40. The zero-order valence-electron chi connectivity index (χ0n) is 7.08. The van der Waals surface area contributed by atoms with Gasteiger partial charge in [0.05, 0.1) is 0 Å². The highest BCUT2D eigenvalue weighted by Gasteiger charge is 2.35. The zero-order valence-corrected chi connectivity index (χ0v) is 8.59. The second-order valence-electron chi connectivity index (χ2n) is 3.06. The first kappa shape index (κ1) is 11.1. The van der Waals surface area contributed by atoms with Crippen LogP contribution < -0.4 is 0 Å². The first-order chi connectivity index (χ1) is 6.08. The largest absolute Gasteiger partial charge is 0.396 e. The topological polar surface area (TPSA) is 40.5 Å². The van der Waals surface area contributed by atoms with Gasteiger partial charge in [0.2, 0.25) is 0 Å². The van der Waals surface area contributed by atoms with E-state index < -0.39 is 5.06 Å². The van der Waals surface area contributed by atoms with Crippen LogP contribution in [0.2, 0.25) is 0 Å².